The number of thiazole rings is 1. The van der Waals surface area contributed by atoms with E-state index in [0.717, 1.165) is 46.5 Å². The molecule has 0 radical (unpaired) electrons. The van der Waals surface area contributed by atoms with Crippen LogP contribution in [0.5, 0.6) is 17.2 Å². The molecular weight excluding hydrogens is 604 g/mol. The van der Waals surface area contributed by atoms with Gasteiger partial charge in [-0.1, -0.05) is 77.5 Å². The normalized spacial score (nSPS) is 15.5. The van der Waals surface area contributed by atoms with E-state index < -0.39 is 0 Å². The van der Waals surface area contributed by atoms with E-state index in [2.05, 4.69) is 24.3 Å². The fraction of sp³-hybridized carbons (Fsp3) is 0.189. The summed E-state index contributed by atoms with van der Waals surface area (Å²) in [6.45, 7) is 2.80. The maximum absolute atomic E-state index is 14.2. The van der Waals surface area contributed by atoms with Gasteiger partial charge < -0.3 is 14.2 Å². The Morgan fingerprint density at radius 3 is 2.53 bits per heavy atom. The molecule has 0 spiro atoms. The fourth-order valence-corrected chi connectivity index (χ4v) is 7.13. The Morgan fingerprint density at radius 1 is 0.956 bits per heavy atom. The Hall–Kier alpha value is -4.59. The van der Waals surface area contributed by atoms with Crippen LogP contribution in [0.1, 0.15) is 47.2 Å². The molecule has 0 saturated carbocycles. The van der Waals surface area contributed by atoms with Crippen molar-refractivity contribution in [3.63, 3.8) is 0 Å². The van der Waals surface area contributed by atoms with Crippen LogP contribution in [0.4, 0.5) is 0 Å². The number of aryl methyl sites for hydroxylation is 1. The molecule has 0 unspecified atom stereocenters. The Labute approximate surface area is 270 Å². The van der Waals surface area contributed by atoms with E-state index in [1.807, 2.05) is 84.3 Å². The predicted molar refractivity (Wildman–Crippen MR) is 179 cm³/mol. The van der Waals surface area contributed by atoms with Gasteiger partial charge in [-0.15, -0.1) is 0 Å². The largest absolute Gasteiger partial charge is 0.497 e. The molecule has 1 aliphatic carbocycles. The van der Waals surface area contributed by atoms with Crippen LogP contribution in [0.3, 0.4) is 0 Å². The van der Waals surface area contributed by atoms with Crippen LogP contribution < -0.4 is 29.1 Å². The molecule has 6 nitrogen and oxygen atoms in total. The molecule has 8 heteroatoms. The molecule has 0 saturated heterocycles. The molecule has 5 aromatic rings. The maximum atomic E-state index is 14.2. The minimum absolute atomic E-state index is 0.0639. The summed E-state index contributed by atoms with van der Waals surface area (Å²) in [5.41, 5.74) is 7.39. The zero-order chi connectivity index (χ0) is 30.9. The van der Waals surface area contributed by atoms with Gasteiger partial charge in [0.2, 0.25) is 0 Å². The maximum Gasteiger partial charge on any atom is 0.271 e. The highest BCUT2D eigenvalue weighted by Gasteiger charge is 2.32. The highest BCUT2D eigenvalue weighted by Crippen LogP contribution is 2.41. The van der Waals surface area contributed by atoms with Crippen LogP contribution in [0.2, 0.25) is 5.02 Å². The van der Waals surface area contributed by atoms with E-state index in [1.54, 1.807) is 7.11 Å². The topological polar surface area (TPSA) is 62.0 Å². The third-order valence-electron chi connectivity index (χ3n) is 8.18. The van der Waals surface area contributed by atoms with Crippen molar-refractivity contribution in [1.29, 1.82) is 0 Å². The summed E-state index contributed by atoms with van der Waals surface area (Å²) in [5.74, 6) is 2.03. The molecule has 2 aliphatic rings. The fourth-order valence-electron chi connectivity index (χ4n) is 6.00. The van der Waals surface area contributed by atoms with Gasteiger partial charge in [0.1, 0.15) is 12.4 Å². The average Bonchev–Trinajstić information content (AvgIpc) is 3.38. The smallest absolute Gasteiger partial charge is 0.271 e. The van der Waals surface area contributed by atoms with E-state index in [4.69, 9.17) is 30.8 Å². The molecule has 1 aromatic heterocycles. The monoisotopic (exact) mass is 634 g/mol. The van der Waals surface area contributed by atoms with E-state index in [1.165, 1.54) is 22.5 Å². The quantitative estimate of drug-likeness (QED) is 0.185. The summed E-state index contributed by atoms with van der Waals surface area (Å²) >= 11 is 7.44. The second-order valence-corrected chi connectivity index (χ2v) is 12.4. The Morgan fingerprint density at radius 2 is 1.76 bits per heavy atom. The number of nitrogens with zero attached hydrogens (tertiary/aromatic N) is 2. The summed E-state index contributed by atoms with van der Waals surface area (Å²) in [5, 5.41) is 0.684. The zero-order valence-electron chi connectivity index (χ0n) is 25.0. The van der Waals surface area contributed by atoms with Gasteiger partial charge in [-0.2, -0.15) is 0 Å². The number of aromatic nitrogens is 1. The lowest BCUT2D eigenvalue weighted by atomic mass is 9.83. The van der Waals surface area contributed by atoms with Gasteiger partial charge in [0, 0.05) is 10.6 Å². The van der Waals surface area contributed by atoms with E-state index >= 15 is 0 Å². The average molecular weight is 635 g/mol. The number of rotatable bonds is 8. The molecule has 7 rings (SSSR count). The molecular formula is C37H31ClN2O4S. The summed E-state index contributed by atoms with van der Waals surface area (Å²) in [7, 11) is 1.66. The molecule has 45 heavy (non-hydrogen) atoms. The van der Waals surface area contributed by atoms with Crippen LogP contribution in [0, 0.1) is 0 Å². The SMILES string of the molecule is CCOc1cc(/C=c2\sc3n(c2=O)[C@@H](c2ccc(OC)cc2)C2=C(N=3)c3ccccc3CC2)ccc1OCc1ccc(Cl)cc1. The first-order chi connectivity index (χ1) is 22.0. The molecule has 4 aromatic carbocycles. The second-order valence-electron chi connectivity index (χ2n) is 10.9. The van der Waals surface area contributed by atoms with E-state index in [-0.39, 0.29) is 11.6 Å². The van der Waals surface area contributed by atoms with Gasteiger partial charge in [0.15, 0.2) is 16.3 Å². The first kappa shape index (κ1) is 29.1. The van der Waals surface area contributed by atoms with Gasteiger partial charge in [-0.3, -0.25) is 9.36 Å². The first-order valence-electron chi connectivity index (χ1n) is 14.9. The van der Waals surface area contributed by atoms with Crippen molar-refractivity contribution in [2.24, 2.45) is 4.99 Å². The predicted octanol–water partition coefficient (Wildman–Crippen LogP) is 6.96. The van der Waals surface area contributed by atoms with Crippen LogP contribution >= 0.6 is 22.9 Å². The second kappa shape index (κ2) is 12.4. The summed E-state index contributed by atoms with van der Waals surface area (Å²) in [4.78, 5) is 20.0. The van der Waals surface area contributed by atoms with E-state index in [9.17, 15) is 4.79 Å². The van der Waals surface area contributed by atoms with Gasteiger partial charge in [0.05, 0.1) is 30.0 Å². The molecule has 0 amide bonds. The number of fused-ring (bicyclic) bond motifs is 3. The number of halogens is 1. The van der Waals surface area contributed by atoms with Crippen LogP contribution in [-0.4, -0.2) is 18.3 Å². The van der Waals surface area contributed by atoms with Gasteiger partial charge in [-0.05, 0) is 90.1 Å². The number of methoxy groups -OCH3 is 1. The first-order valence-corrected chi connectivity index (χ1v) is 16.1. The lowest BCUT2D eigenvalue weighted by Gasteiger charge is -2.30. The number of allylic oxidation sites excluding steroid dienone is 1. The lowest BCUT2D eigenvalue weighted by Crippen LogP contribution is -2.38. The van der Waals surface area contributed by atoms with Crippen molar-refractivity contribution in [2.75, 3.05) is 13.7 Å². The Kier molecular flexibility index (Phi) is 8.04. The molecule has 0 N–H and O–H groups in total. The van der Waals surface area contributed by atoms with Crippen molar-refractivity contribution in [1.82, 2.24) is 4.57 Å². The summed E-state index contributed by atoms with van der Waals surface area (Å²) in [6, 6.07) is 29.5. The van der Waals surface area contributed by atoms with Gasteiger partial charge in [0.25, 0.3) is 5.56 Å². The van der Waals surface area contributed by atoms with E-state index in [0.29, 0.717) is 39.1 Å². The molecule has 226 valence electrons. The number of hydrogen-bond donors (Lipinski definition) is 0. The highest BCUT2D eigenvalue weighted by molar-refractivity contribution is 7.07. The van der Waals surface area contributed by atoms with Crippen molar-refractivity contribution in [3.05, 3.63) is 149 Å². The van der Waals surface area contributed by atoms with Crippen molar-refractivity contribution >= 4 is 34.7 Å². The number of hydrogen-bond acceptors (Lipinski definition) is 6. The minimum atomic E-state index is -0.250. The number of benzene rings is 4. The highest BCUT2D eigenvalue weighted by atomic mass is 35.5. The third-order valence-corrected chi connectivity index (χ3v) is 9.41. The summed E-state index contributed by atoms with van der Waals surface area (Å²) in [6.07, 6.45) is 3.66. The molecule has 0 bridgehead atoms. The third kappa shape index (κ3) is 5.70. The minimum Gasteiger partial charge on any atom is -0.497 e. The van der Waals surface area contributed by atoms with Crippen molar-refractivity contribution in [3.8, 4) is 17.2 Å². The Balaban J connectivity index is 1.30. The lowest BCUT2D eigenvalue weighted by molar-refractivity contribution is 0.269. The molecule has 1 aliphatic heterocycles. The van der Waals surface area contributed by atoms with Crippen LogP contribution in [-0.2, 0) is 13.0 Å². The zero-order valence-corrected chi connectivity index (χ0v) is 26.5. The number of ether oxygens (including phenoxy) is 3. The molecule has 2 heterocycles. The van der Waals surface area contributed by atoms with Crippen LogP contribution in [0.25, 0.3) is 11.8 Å². The Bertz CT molecular complexity index is 2100. The van der Waals surface area contributed by atoms with Crippen molar-refractivity contribution < 1.29 is 14.2 Å². The van der Waals surface area contributed by atoms with Crippen LogP contribution in [0.15, 0.2) is 106 Å². The summed E-state index contributed by atoms with van der Waals surface area (Å²) < 4.78 is 19.9. The standard InChI is InChI=1S/C37H31ClN2O4S/c1-3-43-32-20-24(10-19-31(32)44-22-23-8-14-27(38)15-9-23)21-33-36(41)40-35(26-11-16-28(42-2)17-12-26)30-18-13-25-6-4-5-7-29(25)34(30)39-37(40)45-33/h4-12,14-17,19-21,35H,3,13,18,22H2,1-2H3/b33-21-/t35-/m0/s1. The molecule has 0 fully saturated rings. The van der Waals surface area contributed by atoms with Gasteiger partial charge >= 0.3 is 0 Å². The molecule has 1 atom stereocenters. The van der Waals surface area contributed by atoms with Gasteiger partial charge in [-0.25, -0.2) is 4.99 Å². The van der Waals surface area contributed by atoms with Crippen molar-refractivity contribution in [2.45, 2.75) is 32.4 Å².